The Morgan fingerprint density at radius 3 is 2.51 bits per heavy atom. The molecule has 3 aromatic carbocycles. The van der Waals surface area contributed by atoms with Crippen LogP contribution in [0.1, 0.15) is 43.7 Å². The van der Waals surface area contributed by atoms with Crippen molar-refractivity contribution >= 4 is 32.9 Å². The number of ketones is 1. The van der Waals surface area contributed by atoms with Crippen LogP contribution in [-0.2, 0) is 4.79 Å². The summed E-state index contributed by atoms with van der Waals surface area (Å²) in [6.07, 6.45) is 1.01. The Kier molecular flexibility index (Phi) is 4.75. The predicted octanol–water partition coefficient (Wildman–Crippen LogP) is 6.14. The summed E-state index contributed by atoms with van der Waals surface area (Å²) in [5, 5.41) is 7.46. The SMILES string of the molecule is CC1(C)CC(=O)C2=C(C1)Oc1nc3sc(-c4ccccc4)nn3c(=O)c1C2c1ccc2ccccc2c1. The number of carbonyl (C=O) groups is 1. The number of hydrogen-bond donors (Lipinski definition) is 0. The van der Waals surface area contributed by atoms with Crippen LogP contribution in [0.15, 0.2) is 88.9 Å². The van der Waals surface area contributed by atoms with E-state index in [4.69, 9.17) is 9.72 Å². The molecule has 2 aliphatic rings. The molecule has 182 valence electrons. The fraction of sp³-hybridized carbons (Fsp3) is 0.200. The Morgan fingerprint density at radius 1 is 0.946 bits per heavy atom. The Balaban J connectivity index is 1.49. The second-order valence-corrected chi connectivity index (χ2v) is 11.5. The van der Waals surface area contributed by atoms with Crippen LogP contribution in [0.5, 0.6) is 5.88 Å². The maximum absolute atomic E-state index is 14.0. The standard InChI is InChI=1S/C30H23N3O3S/c1-30(2)15-21(34)24-22(16-30)36-26-25(23(24)20-13-12-17-8-6-7-11-19(17)14-20)28(35)33-29(31-26)37-27(32-33)18-9-4-3-5-10-18/h3-14,23H,15-16H2,1-2H3. The van der Waals surface area contributed by atoms with E-state index in [1.165, 1.54) is 15.9 Å². The quantitative estimate of drug-likeness (QED) is 0.288. The van der Waals surface area contributed by atoms with Gasteiger partial charge < -0.3 is 4.74 Å². The predicted molar refractivity (Wildman–Crippen MR) is 144 cm³/mol. The first kappa shape index (κ1) is 22.1. The highest BCUT2D eigenvalue weighted by Crippen LogP contribution is 2.49. The molecule has 0 bridgehead atoms. The molecule has 37 heavy (non-hydrogen) atoms. The van der Waals surface area contributed by atoms with Crippen molar-refractivity contribution in [1.29, 1.82) is 0 Å². The van der Waals surface area contributed by atoms with Gasteiger partial charge in [0.25, 0.3) is 5.56 Å². The zero-order valence-electron chi connectivity index (χ0n) is 20.4. The van der Waals surface area contributed by atoms with Crippen molar-refractivity contribution < 1.29 is 9.53 Å². The normalized spacial score (nSPS) is 18.5. The van der Waals surface area contributed by atoms with Crippen LogP contribution in [0, 0.1) is 5.41 Å². The summed E-state index contributed by atoms with van der Waals surface area (Å²) >= 11 is 1.34. The molecular formula is C30H23N3O3S. The molecule has 3 heterocycles. The summed E-state index contributed by atoms with van der Waals surface area (Å²) in [7, 11) is 0. The summed E-state index contributed by atoms with van der Waals surface area (Å²) in [6.45, 7) is 4.14. The van der Waals surface area contributed by atoms with Crippen molar-refractivity contribution in [2.24, 2.45) is 5.41 Å². The van der Waals surface area contributed by atoms with E-state index in [2.05, 4.69) is 31.1 Å². The van der Waals surface area contributed by atoms with Gasteiger partial charge in [-0.3, -0.25) is 9.59 Å². The molecule has 1 unspecified atom stereocenters. The largest absolute Gasteiger partial charge is 0.442 e. The van der Waals surface area contributed by atoms with E-state index in [9.17, 15) is 9.59 Å². The molecule has 7 rings (SSSR count). The highest BCUT2D eigenvalue weighted by atomic mass is 32.1. The lowest BCUT2D eigenvalue weighted by molar-refractivity contribution is -0.118. The molecule has 0 saturated heterocycles. The van der Waals surface area contributed by atoms with Gasteiger partial charge >= 0.3 is 0 Å². The number of Topliss-reactive ketones (excluding diaryl/α,β-unsaturated/α-hetero) is 1. The molecule has 1 atom stereocenters. The molecular weight excluding hydrogens is 482 g/mol. The van der Waals surface area contributed by atoms with Crippen molar-refractivity contribution in [2.75, 3.05) is 0 Å². The molecule has 0 amide bonds. The van der Waals surface area contributed by atoms with E-state index in [0.717, 1.165) is 21.9 Å². The van der Waals surface area contributed by atoms with Gasteiger partial charge in [0.05, 0.1) is 11.5 Å². The number of ether oxygens (including phenoxy) is 1. The molecule has 1 aliphatic heterocycles. The monoisotopic (exact) mass is 505 g/mol. The summed E-state index contributed by atoms with van der Waals surface area (Å²) in [6, 6.07) is 23.9. The molecule has 0 spiro atoms. The van der Waals surface area contributed by atoms with Crippen molar-refractivity contribution in [1.82, 2.24) is 14.6 Å². The van der Waals surface area contributed by atoms with E-state index in [-0.39, 0.29) is 22.6 Å². The number of allylic oxidation sites excluding steroid dienone is 2. The van der Waals surface area contributed by atoms with Crippen molar-refractivity contribution in [2.45, 2.75) is 32.6 Å². The first-order chi connectivity index (χ1) is 17.9. The van der Waals surface area contributed by atoms with Gasteiger partial charge in [-0.1, -0.05) is 98.0 Å². The zero-order valence-corrected chi connectivity index (χ0v) is 21.2. The Labute approximate surface area is 216 Å². The summed E-state index contributed by atoms with van der Waals surface area (Å²) in [5.74, 6) is 0.347. The lowest BCUT2D eigenvalue weighted by atomic mass is 9.70. The number of rotatable bonds is 2. The summed E-state index contributed by atoms with van der Waals surface area (Å²) in [4.78, 5) is 32.9. The van der Waals surface area contributed by atoms with Gasteiger partial charge in [0.15, 0.2) is 5.78 Å². The first-order valence-electron chi connectivity index (χ1n) is 12.3. The van der Waals surface area contributed by atoms with E-state index < -0.39 is 5.92 Å². The fourth-order valence-electron chi connectivity index (χ4n) is 5.53. The van der Waals surface area contributed by atoms with Gasteiger partial charge in [0.1, 0.15) is 10.8 Å². The summed E-state index contributed by atoms with van der Waals surface area (Å²) < 4.78 is 7.65. The van der Waals surface area contributed by atoms with Crippen LogP contribution < -0.4 is 10.3 Å². The number of fused-ring (bicyclic) bond motifs is 3. The maximum Gasteiger partial charge on any atom is 0.283 e. The number of hydrogen-bond acceptors (Lipinski definition) is 6. The number of aromatic nitrogens is 3. The van der Waals surface area contributed by atoms with Crippen LogP contribution >= 0.6 is 11.3 Å². The van der Waals surface area contributed by atoms with Gasteiger partial charge in [-0.25, -0.2) is 0 Å². The van der Waals surface area contributed by atoms with Crippen molar-refractivity contribution in [3.63, 3.8) is 0 Å². The van der Waals surface area contributed by atoms with Gasteiger partial charge in [0, 0.05) is 24.0 Å². The third kappa shape index (κ3) is 3.53. The van der Waals surface area contributed by atoms with Crippen molar-refractivity contribution in [3.05, 3.63) is 106 Å². The lowest BCUT2D eigenvalue weighted by Gasteiger charge is -2.37. The average Bonchev–Trinajstić information content (AvgIpc) is 3.32. The third-order valence-corrected chi connectivity index (χ3v) is 8.17. The number of carbonyl (C=O) groups excluding carboxylic acids is 1. The van der Waals surface area contributed by atoms with E-state index in [0.29, 0.717) is 39.7 Å². The molecule has 7 heteroatoms. The Morgan fingerprint density at radius 2 is 1.70 bits per heavy atom. The maximum atomic E-state index is 14.0. The molecule has 0 saturated carbocycles. The number of nitrogens with zero attached hydrogens (tertiary/aromatic N) is 3. The number of benzene rings is 3. The van der Waals surface area contributed by atoms with Crippen LogP contribution in [-0.4, -0.2) is 20.4 Å². The van der Waals surface area contributed by atoms with Crippen LogP contribution in [0.25, 0.3) is 26.3 Å². The Bertz CT molecular complexity index is 1830. The second-order valence-electron chi connectivity index (χ2n) is 10.5. The van der Waals surface area contributed by atoms with Gasteiger partial charge in [0.2, 0.25) is 10.8 Å². The molecule has 5 aromatic rings. The minimum Gasteiger partial charge on any atom is -0.442 e. The molecule has 0 radical (unpaired) electrons. The minimum absolute atomic E-state index is 0.0165. The topological polar surface area (TPSA) is 73.6 Å². The lowest BCUT2D eigenvalue weighted by Crippen LogP contribution is -2.36. The fourth-order valence-corrected chi connectivity index (χ4v) is 6.42. The third-order valence-electron chi connectivity index (χ3n) is 7.21. The first-order valence-corrected chi connectivity index (χ1v) is 13.1. The van der Waals surface area contributed by atoms with Crippen LogP contribution in [0.3, 0.4) is 0 Å². The highest BCUT2D eigenvalue weighted by Gasteiger charge is 2.44. The molecule has 6 nitrogen and oxygen atoms in total. The van der Waals surface area contributed by atoms with Gasteiger partial charge in [-0.15, -0.1) is 0 Å². The molecule has 1 aliphatic carbocycles. The molecule has 0 fully saturated rings. The van der Waals surface area contributed by atoms with Gasteiger partial charge in [-0.05, 0) is 21.8 Å². The zero-order chi connectivity index (χ0) is 25.3. The van der Waals surface area contributed by atoms with E-state index in [1.54, 1.807) is 0 Å². The van der Waals surface area contributed by atoms with E-state index in [1.807, 2.05) is 60.7 Å². The molecule has 2 aromatic heterocycles. The second kappa shape index (κ2) is 7.95. The molecule has 0 N–H and O–H groups in total. The van der Waals surface area contributed by atoms with Crippen LogP contribution in [0.4, 0.5) is 0 Å². The minimum atomic E-state index is -0.564. The van der Waals surface area contributed by atoms with E-state index >= 15 is 0 Å². The van der Waals surface area contributed by atoms with Crippen LogP contribution in [0.2, 0.25) is 0 Å². The van der Waals surface area contributed by atoms with Crippen molar-refractivity contribution in [3.8, 4) is 16.5 Å². The highest BCUT2D eigenvalue weighted by molar-refractivity contribution is 7.19. The average molecular weight is 506 g/mol. The smallest absolute Gasteiger partial charge is 0.283 e. The Hall–Kier alpha value is -4.10. The summed E-state index contributed by atoms with van der Waals surface area (Å²) in [5.41, 5.74) is 2.19. The van der Waals surface area contributed by atoms with Gasteiger partial charge in [-0.2, -0.15) is 14.6 Å².